The average Bonchev–Trinajstić information content (AvgIpc) is 3.17. The zero-order valence-corrected chi connectivity index (χ0v) is 17.7. The van der Waals surface area contributed by atoms with E-state index in [1.54, 1.807) is 24.5 Å². The van der Waals surface area contributed by atoms with Crippen molar-refractivity contribution in [1.82, 2.24) is 25.3 Å². The number of halogens is 3. The van der Waals surface area contributed by atoms with Crippen LogP contribution in [-0.4, -0.2) is 32.3 Å². The Hall–Kier alpha value is -3.23. The van der Waals surface area contributed by atoms with E-state index >= 15 is 0 Å². The lowest BCUT2D eigenvalue weighted by atomic mass is 10.0. The summed E-state index contributed by atoms with van der Waals surface area (Å²) in [5.74, 6) is -2.07. The molecule has 0 radical (unpaired) electrons. The molecule has 1 aromatic carbocycles. The number of ketones is 1. The molecule has 0 aliphatic rings. The SMILES string of the molecule is CCNCc1cncc(-c2cc(C(=O)c3nc4c(F)cc(F)cc4[nH]3)ccn2)c1C.Cl. The fourth-order valence-corrected chi connectivity index (χ4v) is 3.27. The van der Waals surface area contributed by atoms with Crippen molar-refractivity contribution >= 4 is 29.2 Å². The summed E-state index contributed by atoms with van der Waals surface area (Å²) in [7, 11) is 0. The Morgan fingerprint density at radius 1 is 1.19 bits per heavy atom. The van der Waals surface area contributed by atoms with Gasteiger partial charge in [-0.25, -0.2) is 13.8 Å². The van der Waals surface area contributed by atoms with E-state index in [1.807, 2.05) is 13.8 Å². The van der Waals surface area contributed by atoms with Gasteiger partial charge < -0.3 is 10.3 Å². The molecular weight excluding hydrogens is 424 g/mol. The summed E-state index contributed by atoms with van der Waals surface area (Å²) in [5, 5.41) is 3.27. The highest BCUT2D eigenvalue weighted by Gasteiger charge is 2.18. The van der Waals surface area contributed by atoms with Crippen LogP contribution in [0.1, 0.15) is 34.2 Å². The second-order valence-electron chi connectivity index (χ2n) is 6.88. The molecule has 0 unspecified atom stereocenters. The molecule has 0 saturated carbocycles. The summed E-state index contributed by atoms with van der Waals surface area (Å²) in [6.45, 7) is 5.54. The molecule has 0 fully saturated rings. The summed E-state index contributed by atoms with van der Waals surface area (Å²) < 4.78 is 27.4. The van der Waals surface area contributed by atoms with Gasteiger partial charge in [-0.1, -0.05) is 6.92 Å². The molecule has 2 N–H and O–H groups in total. The molecule has 3 heterocycles. The highest BCUT2D eigenvalue weighted by molar-refractivity contribution is 6.08. The molecule has 4 rings (SSSR count). The number of benzene rings is 1. The van der Waals surface area contributed by atoms with Gasteiger partial charge in [0.1, 0.15) is 11.3 Å². The molecule has 0 atom stereocenters. The lowest BCUT2D eigenvalue weighted by Crippen LogP contribution is -2.13. The van der Waals surface area contributed by atoms with Crippen molar-refractivity contribution in [1.29, 1.82) is 0 Å². The van der Waals surface area contributed by atoms with E-state index in [0.29, 0.717) is 17.8 Å². The van der Waals surface area contributed by atoms with E-state index in [-0.39, 0.29) is 29.3 Å². The van der Waals surface area contributed by atoms with Crippen LogP contribution in [0.5, 0.6) is 0 Å². The summed E-state index contributed by atoms with van der Waals surface area (Å²) in [4.78, 5) is 28.3. The van der Waals surface area contributed by atoms with E-state index in [1.165, 1.54) is 6.20 Å². The molecule has 6 nitrogen and oxygen atoms in total. The van der Waals surface area contributed by atoms with Gasteiger partial charge in [-0.05, 0) is 42.8 Å². The number of fused-ring (bicyclic) bond motifs is 1. The largest absolute Gasteiger partial charge is 0.335 e. The first-order chi connectivity index (χ1) is 14.5. The Morgan fingerprint density at radius 2 is 2.00 bits per heavy atom. The van der Waals surface area contributed by atoms with Crippen LogP contribution in [0.3, 0.4) is 0 Å². The molecule has 0 spiro atoms. The predicted octanol–water partition coefficient (Wildman–Crippen LogP) is 4.37. The number of H-pyrrole nitrogens is 1. The van der Waals surface area contributed by atoms with Crippen molar-refractivity contribution in [2.24, 2.45) is 0 Å². The standard InChI is InChI=1S/C22H19F2N5O.ClH/c1-3-25-9-14-10-26-11-16(12(14)2)18-6-13(4-5-27-18)21(30)22-28-19-8-15(23)7-17(24)20(19)29-22;/h4-8,10-11,25H,3,9H2,1-2H3,(H,28,29);1H. The molecule has 0 bridgehead atoms. The van der Waals surface area contributed by atoms with Gasteiger partial charge in [0.2, 0.25) is 5.78 Å². The Labute approximate surface area is 183 Å². The fourth-order valence-electron chi connectivity index (χ4n) is 3.27. The van der Waals surface area contributed by atoms with Crippen LogP contribution in [-0.2, 0) is 6.54 Å². The molecule has 4 aromatic rings. The second kappa shape index (κ2) is 9.28. The number of imidazole rings is 1. The minimum Gasteiger partial charge on any atom is -0.335 e. The number of aromatic amines is 1. The predicted molar refractivity (Wildman–Crippen MR) is 116 cm³/mol. The van der Waals surface area contributed by atoms with Gasteiger partial charge >= 0.3 is 0 Å². The van der Waals surface area contributed by atoms with Gasteiger partial charge in [-0.2, -0.15) is 0 Å². The molecule has 0 aliphatic carbocycles. The molecule has 160 valence electrons. The third-order valence-corrected chi connectivity index (χ3v) is 4.90. The van der Waals surface area contributed by atoms with Crippen molar-refractivity contribution in [3.63, 3.8) is 0 Å². The van der Waals surface area contributed by atoms with E-state index in [2.05, 4.69) is 25.3 Å². The highest BCUT2D eigenvalue weighted by Crippen LogP contribution is 2.25. The first kappa shape index (κ1) is 22.5. The molecule has 0 amide bonds. The van der Waals surface area contributed by atoms with Crippen LogP contribution >= 0.6 is 12.4 Å². The third kappa shape index (κ3) is 4.45. The van der Waals surface area contributed by atoms with Crippen LogP contribution in [0, 0.1) is 18.6 Å². The lowest BCUT2D eigenvalue weighted by Gasteiger charge is -2.11. The maximum Gasteiger partial charge on any atom is 0.228 e. The molecule has 3 aromatic heterocycles. The minimum absolute atomic E-state index is 0. The van der Waals surface area contributed by atoms with Crippen LogP contribution in [0.2, 0.25) is 0 Å². The Balaban J connectivity index is 0.00000272. The number of hydrogen-bond donors (Lipinski definition) is 2. The first-order valence-electron chi connectivity index (χ1n) is 9.48. The smallest absolute Gasteiger partial charge is 0.228 e. The lowest BCUT2D eigenvalue weighted by molar-refractivity contribution is 0.103. The van der Waals surface area contributed by atoms with Crippen molar-refractivity contribution < 1.29 is 13.6 Å². The number of carbonyl (C=O) groups excluding carboxylic acids is 1. The molecule has 31 heavy (non-hydrogen) atoms. The van der Waals surface area contributed by atoms with E-state index < -0.39 is 17.4 Å². The van der Waals surface area contributed by atoms with Crippen molar-refractivity contribution in [3.05, 3.63) is 77.0 Å². The molecule has 9 heteroatoms. The maximum atomic E-state index is 13.9. The maximum absolute atomic E-state index is 13.9. The highest BCUT2D eigenvalue weighted by atomic mass is 35.5. The zero-order chi connectivity index (χ0) is 21.3. The fraction of sp³-hybridized carbons (Fsp3) is 0.182. The minimum atomic E-state index is -0.824. The van der Waals surface area contributed by atoms with Crippen LogP contribution in [0.15, 0.2) is 42.9 Å². The number of hydrogen-bond acceptors (Lipinski definition) is 5. The summed E-state index contributed by atoms with van der Waals surface area (Å²) in [5.41, 5.74) is 3.85. The van der Waals surface area contributed by atoms with Gasteiger partial charge in [0.15, 0.2) is 11.6 Å². The van der Waals surface area contributed by atoms with Gasteiger partial charge in [-0.15, -0.1) is 12.4 Å². The molecule has 0 saturated heterocycles. The Bertz CT molecular complexity index is 1260. The Kier molecular flexibility index (Phi) is 6.72. The number of nitrogens with zero attached hydrogens (tertiary/aromatic N) is 3. The van der Waals surface area contributed by atoms with Crippen LogP contribution in [0.25, 0.3) is 22.3 Å². The number of carbonyl (C=O) groups is 1. The second-order valence-corrected chi connectivity index (χ2v) is 6.88. The van der Waals surface area contributed by atoms with E-state index in [0.717, 1.165) is 35.4 Å². The van der Waals surface area contributed by atoms with Crippen molar-refractivity contribution in [2.75, 3.05) is 6.54 Å². The number of nitrogens with one attached hydrogen (secondary N) is 2. The number of aromatic nitrogens is 4. The quantitative estimate of drug-likeness (QED) is 0.432. The summed E-state index contributed by atoms with van der Waals surface area (Å²) >= 11 is 0. The van der Waals surface area contributed by atoms with Crippen molar-refractivity contribution in [2.45, 2.75) is 20.4 Å². The van der Waals surface area contributed by atoms with E-state index in [4.69, 9.17) is 0 Å². The van der Waals surface area contributed by atoms with Gasteiger partial charge in [0.05, 0.1) is 11.2 Å². The summed E-state index contributed by atoms with van der Waals surface area (Å²) in [6, 6.07) is 5.04. The Morgan fingerprint density at radius 3 is 2.77 bits per heavy atom. The number of rotatable bonds is 6. The topological polar surface area (TPSA) is 83.6 Å². The van der Waals surface area contributed by atoms with E-state index in [9.17, 15) is 13.6 Å². The first-order valence-corrected chi connectivity index (χ1v) is 9.48. The monoisotopic (exact) mass is 443 g/mol. The number of pyridine rings is 2. The van der Waals surface area contributed by atoms with Gasteiger partial charge in [0, 0.05) is 42.3 Å². The third-order valence-electron chi connectivity index (χ3n) is 4.90. The van der Waals surface area contributed by atoms with Crippen molar-refractivity contribution in [3.8, 4) is 11.3 Å². The molecule has 0 aliphatic heterocycles. The van der Waals surface area contributed by atoms with Gasteiger partial charge in [0.25, 0.3) is 0 Å². The van der Waals surface area contributed by atoms with Crippen LogP contribution < -0.4 is 5.32 Å². The zero-order valence-electron chi connectivity index (χ0n) is 16.9. The average molecular weight is 444 g/mol. The van der Waals surface area contributed by atoms with Crippen LogP contribution in [0.4, 0.5) is 8.78 Å². The normalized spacial score (nSPS) is 10.8. The summed E-state index contributed by atoms with van der Waals surface area (Å²) in [6.07, 6.45) is 5.04. The van der Waals surface area contributed by atoms with Gasteiger partial charge in [-0.3, -0.25) is 14.8 Å². The molecular formula is C22H20ClF2N5O.